The van der Waals surface area contributed by atoms with Crippen LogP contribution in [0.15, 0.2) is 42.7 Å². The van der Waals surface area contributed by atoms with Gasteiger partial charge in [-0.05, 0) is 42.8 Å². The van der Waals surface area contributed by atoms with E-state index in [1.165, 1.54) is 25.1 Å². The van der Waals surface area contributed by atoms with Gasteiger partial charge in [0.25, 0.3) is 5.91 Å². The summed E-state index contributed by atoms with van der Waals surface area (Å²) in [6.07, 6.45) is 4.74. The van der Waals surface area contributed by atoms with Gasteiger partial charge in [0.05, 0.1) is 5.56 Å². The number of nitrogens with zero attached hydrogens (tertiary/aromatic N) is 2. The van der Waals surface area contributed by atoms with Gasteiger partial charge in [-0.2, -0.15) is 0 Å². The van der Waals surface area contributed by atoms with Crippen molar-refractivity contribution >= 4 is 16.9 Å². The first-order chi connectivity index (χ1) is 11.2. The molecule has 1 fully saturated rings. The summed E-state index contributed by atoms with van der Waals surface area (Å²) in [6, 6.07) is 10.5. The van der Waals surface area contributed by atoms with Crippen molar-refractivity contribution in [2.24, 2.45) is 5.73 Å². The molecule has 5 nitrogen and oxygen atoms in total. The maximum absolute atomic E-state index is 11.5. The maximum Gasteiger partial charge on any atom is 0.250 e. The molecular weight excluding hydrogens is 288 g/mol. The molecule has 2 aromatic heterocycles. The normalized spacial score (nSPS) is 14.8. The first kappa shape index (κ1) is 14.0. The Hall–Kier alpha value is -2.66. The molecular formula is C18H18N4O. The summed E-state index contributed by atoms with van der Waals surface area (Å²) >= 11 is 0. The number of amides is 1. The van der Waals surface area contributed by atoms with Gasteiger partial charge in [-0.1, -0.05) is 18.2 Å². The molecule has 1 saturated heterocycles. The lowest BCUT2D eigenvalue weighted by atomic mass is 10.0. The first-order valence-corrected chi connectivity index (χ1v) is 7.79. The van der Waals surface area contributed by atoms with Crippen LogP contribution < -0.4 is 5.73 Å². The van der Waals surface area contributed by atoms with E-state index in [0.717, 1.165) is 23.1 Å². The molecule has 0 aliphatic carbocycles. The van der Waals surface area contributed by atoms with Gasteiger partial charge in [-0.15, -0.1) is 0 Å². The smallest absolute Gasteiger partial charge is 0.250 e. The van der Waals surface area contributed by atoms with Crippen LogP contribution in [0.2, 0.25) is 0 Å². The van der Waals surface area contributed by atoms with Crippen LogP contribution >= 0.6 is 0 Å². The highest BCUT2D eigenvalue weighted by Crippen LogP contribution is 2.26. The molecule has 1 aliphatic heterocycles. The van der Waals surface area contributed by atoms with E-state index in [2.05, 4.69) is 39.1 Å². The van der Waals surface area contributed by atoms with Crippen LogP contribution in [0, 0.1) is 0 Å². The van der Waals surface area contributed by atoms with Crippen molar-refractivity contribution in [2.45, 2.75) is 13.0 Å². The van der Waals surface area contributed by atoms with Crippen molar-refractivity contribution in [1.82, 2.24) is 14.9 Å². The first-order valence-electron chi connectivity index (χ1n) is 7.79. The summed E-state index contributed by atoms with van der Waals surface area (Å²) in [5.41, 5.74) is 9.97. The van der Waals surface area contributed by atoms with Crippen LogP contribution in [0.25, 0.3) is 22.2 Å². The van der Waals surface area contributed by atoms with E-state index in [1.807, 2.05) is 12.3 Å². The van der Waals surface area contributed by atoms with Crippen molar-refractivity contribution in [3.8, 4) is 11.1 Å². The number of pyridine rings is 1. The van der Waals surface area contributed by atoms with Gasteiger partial charge >= 0.3 is 0 Å². The molecule has 0 radical (unpaired) electrons. The van der Waals surface area contributed by atoms with Crippen LogP contribution in [0.4, 0.5) is 0 Å². The van der Waals surface area contributed by atoms with Crippen molar-refractivity contribution < 1.29 is 4.79 Å². The second kappa shape index (κ2) is 5.52. The van der Waals surface area contributed by atoms with Crippen LogP contribution in [-0.2, 0) is 6.54 Å². The number of hydrogen-bond acceptors (Lipinski definition) is 3. The van der Waals surface area contributed by atoms with Crippen LogP contribution in [0.1, 0.15) is 22.3 Å². The predicted octanol–water partition coefficient (Wildman–Crippen LogP) is 2.53. The lowest BCUT2D eigenvalue weighted by Gasteiger charge is -2.30. The summed E-state index contributed by atoms with van der Waals surface area (Å²) in [6.45, 7) is 3.35. The lowest BCUT2D eigenvalue weighted by molar-refractivity contribution is 0.100. The van der Waals surface area contributed by atoms with E-state index >= 15 is 0 Å². The molecule has 1 aliphatic rings. The third-order valence-electron chi connectivity index (χ3n) is 4.41. The highest BCUT2D eigenvalue weighted by atomic mass is 16.1. The molecule has 3 N–H and O–H groups in total. The number of likely N-dealkylation sites (tertiary alicyclic amines) is 1. The second-order valence-electron chi connectivity index (χ2n) is 6.02. The minimum absolute atomic E-state index is 0.443. The number of carbonyl (C=O) groups is 1. The van der Waals surface area contributed by atoms with Crippen molar-refractivity contribution in [3.63, 3.8) is 0 Å². The molecule has 1 aromatic carbocycles. The quantitative estimate of drug-likeness (QED) is 0.778. The number of carbonyl (C=O) groups excluding carboxylic acids is 1. The lowest BCUT2D eigenvalue weighted by Crippen LogP contribution is -2.36. The standard InChI is InChI=1S/C18H18N4O/c19-17(23)16-10-21-18-15(16)8-14(9-20-18)13-4-1-3-12(7-13)11-22-5-2-6-22/h1,3-4,7-10H,2,5-6,11H2,(H2,19,23)(H,20,21). The number of nitrogens with two attached hydrogens (primary N) is 1. The number of hydrogen-bond donors (Lipinski definition) is 2. The van der Waals surface area contributed by atoms with Crippen LogP contribution in [0.3, 0.4) is 0 Å². The molecule has 116 valence electrons. The van der Waals surface area contributed by atoms with Gasteiger partial charge in [-0.25, -0.2) is 4.98 Å². The largest absolute Gasteiger partial charge is 0.366 e. The van der Waals surface area contributed by atoms with Crippen molar-refractivity contribution in [2.75, 3.05) is 13.1 Å². The van der Waals surface area contributed by atoms with Gasteiger partial charge in [0.1, 0.15) is 5.65 Å². The molecule has 3 aromatic rings. The monoisotopic (exact) mass is 306 g/mol. The Labute approximate surface area is 134 Å². The molecule has 0 spiro atoms. The van der Waals surface area contributed by atoms with Crippen LogP contribution in [0.5, 0.6) is 0 Å². The summed E-state index contributed by atoms with van der Waals surface area (Å²) in [5, 5.41) is 0.767. The molecule has 1 amide bonds. The minimum atomic E-state index is -0.443. The van der Waals surface area contributed by atoms with E-state index < -0.39 is 5.91 Å². The zero-order valence-corrected chi connectivity index (χ0v) is 12.7. The number of aromatic amines is 1. The maximum atomic E-state index is 11.5. The fourth-order valence-electron chi connectivity index (χ4n) is 3.01. The number of fused-ring (bicyclic) bond motifs is 1. The molecule has 0 unspecified atom stereocenters. The fourth-order valence-corrected chi connectivity index (χ4v) is 3.01. The Morgan fingerprint density at radius 1 is 1.26 bits per heavy atom. The number of nitrogens with one attached hydrogen (secondary N) is 1. The third-order valence-corrected chi connectivity index (χ3v) is 4.41. The third kappa shape index (κ3) is 2.59. The zero-order chi connectivity index (χ0) is 15.8. The van der Waals surface area contributed by atoms with E-state index in [0.29, 0.717) is 11.2 Å². The molecule has 5 heteroatoms. The number of rotatable bonds is 4. The fraction of sp³-hybridized carbons (Fsp3) is 0.222. The van der Waals surface area contributed by atoms with Crippen molar-refractivity contribution in [1.29, 1.82) is 0 Å². The molecule has 23 heavy (non-hydrogen) atoms. The molecule has 0 bridgehead atoms. The average molecular weight is 306 g/mol. The summed E-state index contributed by atoms with van der Waals surface area (Å²) < 4.78 is 0. The predicted molar refractivity (Wildman–Crippen MR) is 89.9 cm³/mol. The number of benzene rings is 1. The van der Waals surface area contributed by atoms with Crippen molar-refractivity contribution in [3.05, 3.63) is 53.9 Å². The zero-order valence-electron chi connectivity index (χ0n) is 12.7. The van der Waals surface area contributed by atoms with Gasteiger partial charge in [0.15, 0.2) is 0 Å². The number of H-pyrrole nitrogens is 1. The second-order valence-corrected chi connectivity index (χ2v) is 6.02. The molecule has 3 heterocycles. The molecule has 0 saturated carbocycles. The van der Waals surface area contributed by atoms with E-state index in [9.17, 15) is 4.79 Å². The Morgan fingerprint density at radius 2 is 2.13 bits per heavy atom. The van der Waals surface area contributed by atoms with Gasteiger partial charge in [0, 0.05) is 29.9 Å². The van der Waals surface area contributed by atoms with E-state index in [1.54, 1.807) is 6.20 Å². The minimum Gasteiger partial charge on any atom is -0.366 e. The molecule has 4 rings (SSSR count). The summed E-state index contributed by atoms with van der Waals surface area (Å²) in [5.74, 6) is -0.443. The Bertz CT molecular complexity index is 880. The van der Waals surface area contributed by atoms with Gasteiger partial charge in [0.2, 0.25) is 0 Å². The number of aromatic nitrogens is 2. The van der Waals surface area contributed by atoms with E-state index in [4.69, 9.17) is 5.73 Å². The Kier molecular flexibility index (Phi) is 3.35. The van der Waals surface area contributed by atoms with Crippen LogP contribution in [-0.4, -0.2) is 33.9 Å². The average Bonchev–Trinajstić information content (AvgIpc) is 2.94. The molecule has 0 atom stereocenters. The topological polar surface area (TPSA) is 75.0 Å². The van der Waals surface area contributed by atoms with E-state index in [-0.39, 0.29) is 0 Å². The number of primary amides is 1. The summed E-state index contributed by atoms with van der Waals surface area (Å²) in [4.78, 5) is 21.3. The summed E-state index contributed by atoms with van der Waals surface area (Å²) in [7, 11) is 0. The highest BCUT2D eigenvalue weighted by molar-refractivity contribution is 6.05. The SMILES string of the molecule is NC(=O)c1c[nH]c2ncc(-c3cccc(CN4CCC4)c3)cc12. The Morgan fingerprint density at radius 3 is 2.87 bits per heavy atom. The van der Waals surface area contributed by atoms with Gasteiger partial charge in [-0.3, -0.25) is 9.69 Å². The highest BCUT2D eigenvalue weighted by Gasteiger charge is 2.14. The Balaban J connectivity index is 1.71. The van der Waals surface area contributed by atoms with Gasteiger partial charge < -0.3 is 10.7 Å².